The highest BCUT2D eigenvalue weighted by atomic mass is 16.7. The van der Waals surface area contributed by atoms with Crippen molar-refractivity contribution in [1.29, 1.82) is 0 Å². The lowest BCUT2D eigenvalue weighted by molar-refractivity contribution is -0.173. The number of hydroxylamine groups is 2. The molecule has 0 aliphatic carbocycles. The smallest absolute Gasteiger partial charge is 0.208 e. The van der Waals surface area contributed by atoms with Crippen molar-refractivity contribution in [2.45, 2.75) is 31.5 Å². The summed E-state index contributed by atoms with van der Waals surface area (Å²) in [7, 11) is 0. The standard InChI is InChI=1S/C16H22N2O3/c19-12-17-16-9-15(8-13-4-2-1-3-5-13)21-18(16)10-14-6-7-20-11-14/h1-5,12,14-16H,6-11H2,(H,17,19). The van der Waals surface area contributed by atoms with E-state index in [2.05, 4.69) is 17.4 Å². The highest BCUT2D eigenvalue weighted by Crippen LogP contribution is 2.25. The van der Waals surface area contributed by atoms with Gasteiger partial charge in [0.1, 0.15) is 6.17 Å². The summed E-state index contributed by atoms with van der Waals surface area (Å²) >= 11 is 0. The highest BCUT2D eigenvalue weighted by molar-refractivity contribution is 5.46. The fourth-order valence-corrected chi connectivity index (χ4v) is 3.05. The lowest BCUT2D eigenvalue weighted by atomic mass is 10.1. The summed E-state index contributed by atoms with van der Waals surface area (Å²) in [4.78, 5) is 16.8. The second-order valence-corrected chi connectivity index (χ2v) is 5.78. The van der Waals surface area contributed by atoms with Crippen molar-refractivity contribution in [3.05, 3.63) is 35.9 Å². The van der Waals surface area contributed by atoms with Gasteiger partial charge in [-0.15, -0.1) is 0 Å². The van der Waals surface area contributed by atoms with Gasteiger partial charge in [-0.1, -0.05) is 30.3 Å². The number of carbonyl (C=O) groups is 1. The maximum absolute atomic E-state index is 10.8. The Balaban J connectivity index is 1.58. The van der Waals surface area contributed by atoms with Crippen LogP contribution in [0.25, 0.3) is 0 Å². The molecule has 0 aromatic heterocycles. The molecule has 2 heterocycles. The molecular formula is C16H22N2O3. The summed E-state index contributed by atoms with van der Waals surface area (Å²) in [5, 5.41) is 4.80. The molecule has 0 spiro atoms. The van der Waals surface area contributed by atoms with Gasteiger partial charge in [-0.25, -0.2) is 0 Å². The number of amides is 1. The van der Waals surface area contributed by atoms with E-state index in [1.807, 2.05) is 23.3 Å². The third-order valence-electron chi connectivity index (χ3n) is 4.15. The minimum Gasteiger partial charge on any atom is -0.381 e. The fraction of sp³-hybridized carbons (Fsp3) is 0.562. The van der Waals surface area contributed by atoms with Crippen molar-refractivity contribution in [3.63, 3.8) is 0 Å². The number of nitrogens with one attached hydrogen (secondary N) is 1. The van der Waals surface area contributed by atoms with Crippen molar-refractivity contribution < 1.29 is 14.4 Å². The molecule has 21 heavy (non-hydrogen) atoms. The molecule has 0 radical (unpaired) electrons. The molecule has 1 aromatic carbocycles. The third kappa shape index (κ3) is 3.81. The number of carbonyl (C=O) groups excluding carboxylic acids is 1. The molecule has 2 saturated heterocycles. The van der Waals surface area contributed by atoms with Crippen LogP contribution in [0.4, 0.5) is 0 Å². The molecule has 3 atom stereocenters. The van der Waals surface area contributed by atoms with Crippen LogP contribution in [0.15, 0.2) is 30.3 Å². The van der Waals surface area contributed by atoms with Crippen molar-refractivity contribution in [3.8, 4) is 0 Å². The van der Waals surface area contributed by atoms with Crippen molar-refractivity contribution in [1.82, 2.24) is 10.4 Å². The third-order valence-corrected chi connectivity index (χ3v) is 4.15. The van der Waals surface area contributed by atoms with Gasteiger partial charge in [0.15, 0.2) is 0 Å². The number of hydrogen-bond donors (Lipinski definition) is 1. The summed E-state index contributed by atoms with van der Waals surface area (Å²) in [5.41, 5.74) is 1.26. The molecule has 5 nitrogen and oxygen atoms in total. The molecule has 2 fully saturated rings. The van der Waals surface area contributed by atoms with E-state index >= 15 is 0 Å². The first-order valence-corrected chi connectivity index (χ1v) is 7.60. The van der Waals surface area contributed by atoms with Crippen LogP contribution in [-0.2, 0) is 20.8 Å². The van der Waals surface area contributed by atoms with Gasteiger partial charge in [0, 0.05) is 26.0 Å². The second-order valence-electron chi connectivity index (χ2n) is 5.78. The molecule has 0 bridgehead atoms. The molecule has 5 heteroatoms. The van der Waals surface area contributed by atoms with Gasteiger partial charge in [0.05, 0.1) is 12.7 Å². The average Bonchev–Trinajstić information content (AvgIpc) is 3.12. The Morgan fingerprint density at radius 3 is 2.90 bits per heavy atom. The fourth-order valence-electron chi connectivity index (χ4n) is 3.05. The number of rotatable bonds is 6. The van der Waals surface area contributed by atoms with E-state index in [1.165, 1.54) is 5.56 Å². The van der Waals surface area contributed by atoms with Crippen LogP contribution in [-0.4, -0.2) is 43.5 Å². The van der Waals surface area contributed by atoms with E-state index in [4.69, 9.17) is 9.57 Å². The largest absolute Gasteiger partial charge is 0.381 e. The minimum atomic E-state index is -0.0307. The average molecular weight is 290 g/mol. The predicted octanol–water partition coefficient (Wildman–Crippen LogP) is 1.34. The maximum Gasteiger partial charge on any atom is 0.208 e. The molecule has 1 amide bonds. The van der Waals surface area contributed by atoms with Crippen LogP contribution in [0.5, 0.6) is 0 Å². The molecule has 0 saturated carbocycles. The highest BCUT2D eigenvalue weighted by Gasteiger charge is 2.35. The zero-order valence-corrected chi connectivity index (χ0v) is 12.1. The van der Waals surface area contributed by atoms with Crippen LogP contribution in [0, 0.1) is 5.92 Å². The lowest BCUT2D eigenvalue weighted by Crippen LogP contribution is -2.42. The molecule has 114 valence electrons. The van der Waals surface area contributed by atoms with Gasteiger partial charge in [0.2, 0.25) is 6.41 Å². The van der Waals surface area contributed by atoms with Crippen LogP contribution in [0.1, 0.15) is 18.4 Å². The number of nitrogens with zero attached hydrogens (tertiary/aromatic N) is 1. The second kappa shape index (κ2) is 7.02. The van der Waals surface area contributed by atoms with Gasteiger partial charge >= 0.3 is 0 Å². The Bertz CT molecular complexity index is 448. The predicted molar refractivity (Wildman–Crippen MR) is 78.3 cm³/mol. The summed E-state index contributed by atoms with van der Waals surface area (Å²) in [6, 6.07) is 10.3. The summed E-state index contributed by atoms with van der Waals surface area (Å²) in [5.74, 6) is 0.497. The van der Waals surface area contributed by atoms with Crippen LogP contribution >= 0.6 is 0 Å². The van der Waals surface area contributed by atoms with Crippen molar-refractivity contribution in [2.24, 2.45) is 5.92 Å². The van der Waals surface area contributed by atoms with Crippen molar-refractivity contribution in [2.75, 3.05) is 19.8 Å². The van der Waals surface area contributed by atoms with E-state index < -0.39 is 0 Å². The zero-order chi connectivity index (χ0) is 14.5. The molecule has 1 aromatic rings. The SMILES string of the molecule is O=CNC1CC(Cc2ccccc2)ON1CC1CCOC1. The molecule has 1 N–H and O–H groups in total. The quantitative estimate of drug-likeness (QED) is 0.803. The molecule has 2 aliphatic heterocycles. The first-order valence-electron chi connectivity index (χ1n) is 7.60. The topological polar surface area (TPSA) is 50.8 Å². The van der Waals surface area contributed by atoms with E-state index in [0.29, 0.717) is 5.92 Å². The Kier molecular flexibility index (Phi) is 4.85. The van der Waals surface area contributed by atoms with Gasteiger partial charge in [-0.05, 0) is 17.9 Å². The summed E-state index contributed by atoms with van der Waals surface area (Å²) in [6.07, 6.45) is 3.61. The zero-order valence-electron chi connectivity index (χ0n) is 12.1. The van der Waals surface area contributed by atoms with E-state index in [-0.39, 0.29) is 12.3 Å². The Morgan fingerprint density at radius 1 is 1.33 bits per heavy atom. The molecule has 2 aliphatic rings. The Labute approximate surface area is 125 Å². The van der Waals surface area contributed by atoms with Crippen LogP contribution in [0.2, 0.25) is 0 Å². The van der Waals surface area contributed by atoms with E-state index in [1.54, 1.807) is 0 Å². The van der Waals surface area contributed by atoms with Gasteiger partial charge < -0.3 is 10.1 Å². The molecule has 3 unspecified atom stereocenters. The summed E-state index contributed by atoms with van der Waals surface area (Å²) in [6.45, 7) is 2.44. The summed E-state index contributed by atoms with van der Waals surface area (Å²) < 4.78 is 5.41. The maximum atomic E-state index is 10.8. The lowest BCUT2D eigenvalue weighted by Gasteiger charge is -2.24. The van der Waals surface area contributed by atoms with Gasteiger partial charge in [-0.3, -0.25) is 9.63 Å². The number of ether oxygens (including phenoxy) is 1. The molecule has 3 rings (SSSR count). The van der Waals surface area contributed by atoms with E-state index in [9.17, 15) is 4.79 Å². The first kappa shape index (κ1) is 14.5. The van der Waals surface area contributed by atoms with Crippen LogP contribution in [0.3, 0.4) is 0 Å². The first-order chi connectivity index (χ1) is 10.3. The normalized spacial score (nSPS) is 29.6. The Morgan fingerprint density at radius 2 is 2.19 bits per heavy atom. The van der Waals surface area contributed by atoms with Crippen molar-refractivity contribution >= 4 is 6.41 Å². The minimum absolute atomic E-state index is 0.0307. The van der Waals surface area contributed by atoms with Gasteiger partial charge in [-0.2, -0.15) is 5.06 Å². The van der Waals surface area contributed by atoms with Gasteiger partial charge in [0.25, 0.3) is 0 Å². The van der Waals surface area contributed by atoms with Crippen LogP contribution < -0.4 is 5.32 Å². The number of hydrogen-bond acceptors (Lipinski definition) is 4. The monoisotopic (exact) mass is 290 g/mol. The Hall–Kier alpha value is -1.43. The molecular weight excluding hydrogens is 268 g/mol. The number of benzene rings is 1. The van der Waals surface area contributed by atoms with E-state index in [0.717, 1.165) is 45.4 Å².